The number of ether oxygens (including phenoxy) is 3. The van der Waals surface area contributed by atoms with E-state index in [4.69, 9.17) is 14.2 Å². The molecule has 0 aliphatic carbocycles. The molecule has 0 spiro atoms. The number of nitrogens with zero attached hydrogens (tertiary/aromatic N) is 2. The lowest BCUT2D eigenvalue weighted by Crippen LogP contribution is -2.44. The van der Waals surface area contributed by atoms with Crippen molar-refractivity contribution in [3.05, 3.63) is 58.0 Å². The Kier molecular flexibility index (Phi) is 6.96. The summed E-state index contributed by atoms with van der Waals surface area (Å²) < 4.78 is 17.2. The number of hydrogen-bond acceptors (Lipinski definition) is 6. The van der Waals surface area contributed by atoms with E-state index in [0.29, 0.717) is 43.4 Å². The second-order valence-corrected chi connectivity index (χ2v) is 6.82. The fourth-order valence-corrected chi connectivity index (χ4v) is 3.28. The van der Waals surface area contributed by atoms with Gasteiger partial charge >= 0.3 is 0 Å². The molecule has 2 aromatic rings. The molecule has 9 heteroatoms. The lowest BCUT2D eigenvalue weighted by atomic mass is 10.2. The Morgan fingerprint density at radius 3 is 2.48 bits per heavy atom. The summed E-state index contributed by atoms with van der Waals surface area (Å²) in [5.41, 5.74) is 0.769. The van der Waals surface area contributed by atoms with Gasteiger partial charge in [0.25, 0.3) is 5.91 Å². The number of methoxy groups -OCH3 is 3. The van der Waals surface area contributed by atoms with Gasteiger partial charge in [-0.2, -0.15) is 0 Å². The van der Waals surface area contributed by atoms with E-state index in [1.165, 1.54) is 19.3 Å². The predicted molar refractivity (Wildman–Crippen MR) is 115 cm³/mol. The van der Waals surface area contributed by atoms with Crippen molar-refractivity contribution < 1.29 is 23.8 Å². The lowest BCUT2D eigenvalue weighted by molar-refractivity contribution is -0.116. The highest BCUT2D eigenvalue weighted by Crippen LogP contribution is 2.27. The van der Waals surface area contributed by atoms with Gasteiger partial charge in [-0.15, -0.1) is 0 Å². The Morgan fingerprint density at radius 1 is 1.03 bits per heavy atom. The summed E-state index contributed by atoms with van der Waals surface area (Å²) in [6, 6.07) is 6.63. The molecule has 2 heterocycles. The van der Waals surface area contributed by atoms with Crippen LogP contribution in [0.25, 0.3) is 6.08 Å². The van der Waals surface area contributed by atoms with Gasteiger partial charge in [0.05, 0.1) is 27.5 Å². The number of nitrogens with one attached hydrogen (secondary N) is 1. The van der Waals surface area contributed by atoms with Crippen LogP contribution in [0.1, 0.15) is 16.1 Å². The summed E-state index contributed by atoms with van der Waals surface area (Å²) in [6.45, 7) is 1.66. The van der Waals surface area contributed by atoms with Crippen molar-refractivity contribution in [2.24, 2.45) is 0 Å². The number of pyridine rings is 1. The summed E-state index contributed by atoms with van der Waals surface area (Å²) in [5, 5.41) is 2.76. The monoisotopic (exact) mass is 427 g/mol. The standard InChI is InChI=1S/C22H25N3O6/c1-29-18-6-4-15(12-19(18)30-2)5-7-21(27)23-8-9-24-10-11-25-14-20(31-3)17(26)13-16(25)22(24)28/h4-7,12-14H,8-11H2,1-3H3,(H,23,27)/b7-5+. The third-order valence-corrected chi connectivity index (χ3v) is 4.95. The van der Waals surface area contributed by atoms with Crippen LogP contribution in [0, 0.1) is 0 Å². The average Bonchev–Trinajstić information content (AvgIpc) is 2.79. The van der Waals surface area contributed by atoms with Gasteiger partial charge in [0.2, 0.25) is 11.3 Å². The maximum atomic E-state index is 12.6. The highest BCUT2D eigenvalue weighted by molar-refractivity contribution is 5.94. The number of carbonyl (C=O) groups is 2. The zero-order valence-electron chi connectivity index (χ0n) is 17.7. The molecule has 31 heavy (non-hydrogen) atoms. The third-order valence-electron chi connectivity index (χ3n) is 4.95. The van der Waals surface area contributed by atoms with E-state index in [0.717, 1.165) is 5.56 Å². The fourth-order valence-electron chi connectivity index (χ4n) is 3.28. The van der Waals surface area contributed by atoms with Crippen molar-refractivity contribution in [3.8, 4) is 17.2 Å². The molecule has 1 N–H and O–H groups in total. The Morgan fingerprint density at radius 2 is 1.77 bits per heavy atom. The Bertz CT molecular complexity index is 1060. The molecule has 1 aliphatic rings. The number of amides is 2. The van der Waals surface area contributed by atoms with Gasteiger partial charge in [-0.25, -0.2) is 0 Å². The molecule has 0 fully saturated rings. The first-order chi connectivity index (χ1) is 15.0. The average molecular weight is 427 g/mol. The minimum Gasteiger partial charge on any atom is -0.493 e. The number of fused-ring (bicyclic) bond motifs is 1. The van der Waals surface area contributed by atoms with Gasteiger partial charge < -0.3 is 29.0 Å². The number of aromatic nitrogens is 1. The quantitative estimate of drug-likeness (QED) is 0.635. The first kappa shape index (κ1) is 21.9. The molecule has 0 radical (unpaired) electrons. The number of rotatable bonds is 8. The molecule has 164 valence electrons. The molecule has 0 unspecified atom stereocenters. The van der Waals surface area contributed by atoms with E-state index < -0.39 is 0 Å². The Balaban J connectivity index is 1.54. The predicted octanol–water partition coefficient (Wildman–Crippen LogP) is 1.16. The van der Waals surface area contributed by atoms with Crippen LogP contribution in [-0.2, 0) is 11.3 Å². The van der Waals surface area contributed by atoms with Gasteiger partial charge in [0.1, 0.15) is 5.69 Å². The molecule has 2 amide bonds. The largest absolute Gasteiger partial charge is 0.493 e. The second kappa shape index (κ2) is 9.84. The summed E-state index contributed by atoms with van der Waals surface area (Å²) >= 11 is 0. The van der Waals surface area contributed by atoms with Gasteiger partial charge in [0, 0.05) is 38.3 Å². The zero-order valence-corrected chi connectivity index (χ0v) is 17.7. The molecule has 0 saturated heterocycles. The van der Waals surface area contributed by atoms with Crippen LogP contribution in [-0.4, -0.2) is 62.2 Å². The number of hydrogen-bond donors (Lipinski definition) is 1. The van der Waals surface area contributed by atoms with E-state index in [9.17, 15) is 14.4 Å². The summed E-state index contributed by atoms with van der Waals surface area (Å²) in [4.78, 5) is 38.3. The van der Waals surface area contributed by atoms with Crippen molar-refractivity contribution in [1.29, 1.82) is 0 Å². The first-order valence-electron chi connectivity index (χ1n) is 9.72. The fraction of sp³-hybridized carbons (Fsp3) is 0.318. The number of benzene rings is 1. The van der Waals surface area contributed by atoms with Gasteiger partial charge in [-0.3, -0.25) is 14.4 Å². The molecule has 0 saturated carbocycles. The molecule has 1 aliphatic heterocycles. The van der Waals surface area contributed by atoms with Crippen molar-refractivity contribution in [3.63, 3.8) is 0 Å². The molecule has 0 atom stereocenters. The molecule has 3 rings (SSSR count). The smallest absolute Gasteiger partial charge is 0.270 e. The molecule has 1 aromatic heterocycles. The van der Waals surface area contributed by atoms with Crippen LogP contribution in [0.15, 0.2) is 41.3 Å². The minimum absolute atomic E-state index is 0.207. The van der Waals surface area contributed by atoms with Crippen molar-refractivity contribution in [1.82, 2.24) is 14.8 Å². The maximum Gasteiger partial charge on any atom is 0.270 e. The van der Waals surface area contributed by atoms with E-state index in [-0.39, 0.29) is 23.0 Å². The topological polar surface area (TPSA) is 99.1 Å². The second-order valence-electron chi connectivity index (χ2n) is 6.82. The highest BCUT2D eigenvalue weighted by Gasteiger charge is 2.24. The van der Waals surface area contributed by atoms with Gasteiger partial charge in [-0.05, 0) is 23.8 Å². The van der Waals surface area contributed by atoms with E-state index >= 15 is 0 Å². The van der Waals surface area contributed by atoms with Gasteiger partial charge in [-0.1, -0.05) is 6.07 Å². The molecule has 0 bridgehead atoms. The van der Waals surface area contributed by atoms with Crippen LogP contribution >= 0.6 is 0 Å². The highest BCUT2D eigenvalue weighted by atomic mass is 16.5. The van der Waals surface area contributed by atoms with Crippen molar-refractivity contribution in [2.45, 2.75) is 6.54 Å². The van der Waals surface area contributed by atoms with Crippen molar-refractivity contribution in [2.75, 3.05) is 41.0 Å². The van der Waals surface area contributed by atoms with E-state index in [1.54, 1.807) is 48.1 Å². The molecular weight excluding hydrogens is 402 g/mol. The molecule has 1 aromatic carbocycles. The van der Waals surface area contributed by atoms with Crippen molar-refractivity contribution >= 4 is 17.9 Å². The lowest BCUT2D eigenvalue weighted by Gasteiger charge is -2.30. The van der Waals surface area contributed by atoms with E-state index in [2.05, 4.69) is 5.32 Å². The normalized spacial score (nSPS) is 13.1. The van der Waals surface area contributed by atoms with Crippen LogP contribution in [0.2, 0.25) is 0 Å². The Labute approximate surface area is 179 Å². The first-order valence-corrected chi connectivity index (χ1v) is 9.72. The van der Waals surface area contributed by atoms with Gasteiger partial charge in [0.15, 0.2) is 17.2 Å². The number of carbonyl (C=O) groups excluding carboxylic acids is 2. The minimum atomic E-state index is -0.336. The van der Waals surface area contributed by atoms with E-state index in [1.807, 2.05) is 6.07 Å². The molecule has 9 nitrogen and oxygen atoms in total. The Hall–Kier alpha value is -3.75. The third kappa shape index (κ3) is 5.06. The summed E-state index contributed by atoms with van der Waals surface area (Å²) in [7, 11) is 4.52. The summed E-state index contributed by atoms with van der Waals surface area (Å²) in [5.74, 6) is 0.864. The summed E-state index contributed by atoms with van der Waals surface area (Å²) in [6.07, 6.45) is 4.63. The van der Waals surface area contributed by atoms with Crippen LogP contribution < -0.4 is 25.0 Å². The van der Waals surface area contributed by atoms with Crippen LogP contribution in [0.3, 0.4) is 0 Å². The zero-order chi connectivity index (χ0) is 22.4. The maximum absolute atomic E-state index is 12.6. The molecular formula is C22H25N3O6. The SMILES string of the molecule is COc1ccc(/C=C/C(=O)NCCN2CCn3cc(OC)c(=O)cc3C2=O)cc1OC. The van der Waals surface area contributed by atoms with Crippen LogP contribution in [0.4, 0.5) is 0 Å². The van der Waals surface area contributed by atoms with Crippen LogP contribution in [0.5, 0.6) is 17.2 Å².